The van der Waals surface area contributed by atoms with Crippen molar-refractivity contribution in [3.63, 3.8) is 0 Å². The van der Waals surface area contributed by atoms with Crippen molar-refractivity contribution in [1.29, 1.82) is 0 Å². The Morgan fingerprint density at radius 3 is 1.79 bits per heavy atom. The van der Waals surface area contributed by atoms with Crippen LogP contribution in [0.2, 0.25) is 5.02 Å². The Bertz CT molecular complexity index is 1230. The molecule has 3 aromatic carbocycles. The molecule has 0 saturated carbocycles. The summed E-state index contributed by atoms with van der Waals surface area (Å²) in [6, 6.07) is 22.7. The molecule has 34 heavy (non-hydrogen) atoms. The van der Waals surface area contributed by atoms with Gasteiger partial charge in [0.05, 0.1) is 5.69 Å². The molecule has 0 unspecified atom stereocenters. The quantitative estimate of drug-likeness (QED) is 0.347. The van der Waals surface area contributed by atoms with Gasteiger partial charge >= 0.3 is 0 Å². The molecule has 0 saturated heterocycles. The lowest BCUT2D eigenvalue weighted by Gasteiger charge is -2.16. The Balaban J connectivity index is 1.70. The highest BCUT2D eigenvalue weighted by molar-refractivity contribution is 8.04. The highest BCUT2D eigenvalue weighted by Gasteiger charge is 2.40. The van der Waals surface area contributed by atoms with Crippen molar-refractivity contribution in [1.82, 2.24) is 0 Å². The number of carbonyl (C=O) groups excluding carboxylic acids is 2. The number of anilines is 2. The number of amides is 2. The largest absolute Gasteiger partial charge is 0.350 e. The number of carbonyl (C=O) groups is 2. The molecule has 0 spiro atoms. The minimum absolute atomic E-state index is 0.273. The predicted molar refractivity (Wildman–Crippen MR) is 142 cm³/mol. The molecule has 4 rings (SSSR count). The Labute approximate surface area is 210 Å². The van der Waals surface area contributed by atoms with E-state index in [1.807, 2.05) is 60.7 Å². The third kappa shape index (κ3) is 5.06. The van der Waals surface area contributed by atoms with E-state index in [0.717, 1.165) is 16.1 Å². The van der Waals surface area contributed by atoms with E-state index >= 15 is 0 Å². The topological polar surface area (TPSA) is 49.4 Å². The van der Waals surface area contributed by atoms with Gasteiger partial charge in [-0.25, -0.2) is 4.90 Å². The molecule has 1 aliphatic heterocycles. The van der Waals surface area contributed by atoms with E-state index in [0.29, 0.717) is 27.5 Å². The summed E-state index contributed by atoms with van der Waals surface area (Å²) in [5, 5.41) is 3.83. The van der Waals surface area contributed by atoms with E-state index in [1.54, 1.807) is 12.1 Å². The van der Waals surface area contributed by atoms with Crippen LogP contribution in [0.1, 0.15) is 50.7 Å². The molecule has 0 aliphatic carbocycles. The number of nitrogens with one attached hydrogen (secondary N) is 1. The fraction of sp³-hybridized carbons (Fsp3) is 0.214. The summed E-state index contributed by atoms with van der Waals surface area (Å²) in [7, 11) is 0. The summed E-state index contributed by atoms with van der Waals surface area (Å²) in [6.45, 7) is 8.48. The molecular weight excluding hydrogens is 464 g/mol. The van der Waals surface area contributed by atoms with Crippen LogP contribution in [0, 0.1) is 0 Å². The monoisotopic (exact) mass is 490 g/mol. The van der Waals surface area contributed by atoms with Crippen molar-refractivity contribution in [3.05, 3.63) is 99.5 Å². The molecule has 0 aromatic heterocycles. The minimum Gasteiger partial charge on any atom is -0.350 e. The number of hydrogen-bond donors (Lipinski definition) is 1. The first-order valence-corrected chi connectivity index (χ1v) is 12.5. The van der Waals surface area contributed by atoms with Crippen LogP contribution in [0.15, 0.2) is 88.3 Å². The van der Waals surface area contributed by atoms with E-state index in [2.05, 4.69) is 33.0 Å². The van der Waals surface area contributed by atoms with Crippen molar-refractivity contribution < 1.29 is 9.59 Å². The Kier molecular flexibility index (Phi) is 7.15. The number of halogens is 1. The summed E-state index contributed by atoms with van der Waals surface area (Å²) >= 11 is 7.29. The Morgan fingerprint density at radius 1 is 0.735 bits per heavy atom. The second kappa shape index (κ2) is 10.1. The molecule has 1 N–H and O–H groups in total. The van der Waals surface area contributed by atoms with Gasteiger partial charge in [0.25, 0.3) is 11.8 Å². The zero-order valence-electron chi connectivity index (χ0n) is 19.6. The van der Waals surface area contributed by atoms with Gasteiger partial charge in [0.15, 0.2) is 0 Å². The molecule has 0 radical (unpaired) electrons. The first-order chi connectivity index (χ1) is 16.2. The second-order valence-electron chi connectivity index (χ2n) is 8.85. The lowest BCUT2D eigenvalue weighted by atomic mass is 10.0. The number of imide groups is 1. The SMILES string of the molecule is CC(C)c1ccc(NC2=C(Sc3ccc(Cl)cc3)C(=O)N(c3ccc(C(C)C)cc3)C2=O)cc1. The van der Waals surface area contributed by atoms with Gasteiger partial charge in [-0.1, -0.05) is 75.3 Å². The van der Waals surface area contributed by atoms with Gasteiger partial charge in [-0.2, -0.15) is 0 Å². The Morgan fingerprint density at radius 2 is 1.26 bits per heavy atom. The first kappa shape index (κ1) is 24.1. The maximum absolute atomic E-state index is 13.5. The predicted octanol–water partition coefficient (Wildman–Crippen LogP) is 7.58. The molecular formula is C28H27ClN2O2S. The average molecular weight is 491 g/mol. The normalized spacial score (nSPS) is 14.0. The van der Waals surface area contributed by atoms with Crippen LogP contribution >= 0.6 is 23.4 Å². The summed E-state index contributed by atoms with van der Waals surface area (Å²) in [5.74, 6) is 0.0535. The molecule has 2 amide bonds. The van der Waals surface area contributed by atoms with E-state index in [1.165, 1.54) is 22.2 Å². The van der Waals surface area contributed by atoms with Crippen molar-refractivity contribution in [3.8, 4) is 0 Å². The molecule has 6 heteroatoms. The summed E-state index contributed by atoms with van der Waals surface area (Å²) in [5.41, 5.74) is 3.94. The van der Waals surface area contributed by atoms with E-state index < -0.39 is 0 Å². The summed E-state index contributed by atoms with van der Waals surface area (Å²) in [4.78, 5) is 29.5. The van der Waals surface area contributed by atoms with Crippen LogP contribution in [0.4, 0.5) is 11.4 Å². The number of benzene rings is 3. The molecule has 1 aliphatic rings. The van der Waals surface area contributed by atoms with Crippen molar-refractivity contribution in [2.75, 3.05) is 10.2 Å². The van der Waals surface area contributed by atoms with E-state index in [4.69, 9.17) is 11.6 Å². The van der Waals surface area contributed by atoms with Crippen LogP contribution < -0.4 is 10.2 Å². The highest BCUT2D eigenvalue weighted by atomic mass is 35.5. The van der Waals surface area contributed by atoms with E-state index in [9.17, 15) is 9.59 Å². The molecule has 0 fully saturated rings. The maximum atomic E-state index is 13.5. The van der Waals surface area contributed by atoms with Crippen LogP contribution in [0.3, 0.4) is 0 Å². The van der Waals surface area contributed by atoms with Gasteiger partial charge in [0.1, 0.15) is 10.6 Å². The van der Waals surface area contributed by atoms with Crippen LogP contribution in [0.5, 0.6) is 0 Å². The van der Waals surface area contributed by atoms with Gasteiger partial charge in [-0.15, -0.1) is 0 Å². The third-order valence-electron chi connectivity index (χ3n) is 5.74. The number of hydrogen-bond acceptors (Lipinski definition) is 4. The molecule has 0 atom stereocenters. The third-order valence-corrected chi connectivity index (χ3v) is 7.08. The van der Waals surface area contributed by atoms with E-state index in [-0.39, 0.29) is 17.5 Å². The van der Waals surface area contributed by atoms with Crippen molar-refractivity contribution in [2.45, 2.75) is 44.4 Å². The maximum Gasteiger partial charge on any atom is 0.283 e. The van der Waals surface area contributed by atoms with Gasteiger partial charge in [0.2, 0.25) is 0 Å². The number of nitrogens with zero attached hydrogens (tertiary/aromatic N) is 1. The standard InChI is InChI=1S/C28H27ClN2O2S/c1-17(2)19-5-11-22(12-6-19)30-25-26(34-24-15-9-21(29)10-16-24)28(33)31(27(25)32)23-13-7-20(8-14-23)18(3)4/h5-18,30H,1-4H3. The lowest BCUT2D eigenvalue weighted by molar-refractivity contribution is -0.120. The van der Waals surface area contributed by atoms with Crippen LogP contribution in [-0.4, -0.2) is 11.8 Å². The first-order valence-electron chi connectivity index (χ1n) is 11.3. The highest BCUT2D eigenvalue weighted by Crippen LogP contribution is 2.38. The fourth-order valence-corrected chi connectivity index (χ4v) is 4.73. The van der Waals surface area contributed by atoms with Crippen LogP contribution in [0.25, 0.3) is 0 Å². The van der Waals surface area contributed by atoms with Gasteiger partial charge in [0, 0.05) is 15.6 Å². The smallest absolute Gasteiger partial charge is 0.283 e. The molecule has 4 nitrogen and oxygen atoms in total. The van der Waals surface area contributed by atoms with Gasteiger partial charge < -0.3 is 5.32 Å². The minimum atomic E-state index is -0.369. The molecule has 0 bridgehead atoms. The van der Waals surface area contributed by atoms with Crippen molar-refractivity contribution >= 4 is 46.6 Å². The number of rotatable bonds is 7. The van der Waals surface area contributed by atoms with Crippen LogP contribution in [-0.2, 0) is 9.59 Å². The molecule has 1 heterocycles. The zero-order chi connectivity index (χ0) is 24.4. The molecule has 174 valence electrons. The summed E-state index contributed by atoms with van der Waals surface area (Å²) in [6.07, 6.45) is 0. The van der Waals surface area contributed by atoms with Gasteiger partial charge in [-0.05, 0) is 71.5 Å². The molecule has 3 aromatic rings. The number of thioether (sulfide) groups is 1. The Hall–Kier alpha value is -3.02. The lowest BCUT2D eigenvalue weighted by Crippen LogP contribution is -2.32. The van der Waals surface area contributed by atoms with Gasteiger partial charge in [-0.3, -0.25) is 9.59 Å². The zero-order valence-corrected chi connectivity index (χ0v) is 21.2. The second-order valence-corrected chi connectivity index (χ2v) is 10.4. The summed E-state index contributed by atoms with van der Waals surface area (Å²) < 4.78 is 0. The fourth-order valence-electron chi connectivity index (χ4n) is 3.67. The van der Waals surface area contributed by atoms with Crippen molar-refractivity contribution in [2.24, 2.45) is 0 Å². The average Bonchev–Trinajstić information content (AvgIpc) is 3.04.